The van der Waals surface area contributed by atoms with Crippen LogP contribution < -0.4 is 15.1 Å². The van der Waals surface area contributed by atoms with Crippen LogP contribution in [0, 0.1) is 0 Å². The first-order chi connectivity index (χ1) is 22.4. The van der Waals surface area contributed by atoms with Crippen LogP contribution in [0.25, 0.3) is 11.0 Å². The summed E-state index contributed by atoms with van der Waals surface area (Å²) in [4.78, 5) is 60.4. The molecule has 1 N–H and O–H groups in total. The number of fused-ring (bicyclic) bond motifs is 1. The first-order valence-corrected chi connectivity index (χ1v) is 15.8. The number of esters is 4. The van der Waals surface area contributed by atoms with Crippen molar-refractivity contribution in [3.8, 4) is 17.2 Å². The Balaban J connectivity index is 1.82. The minimum Gasteiger partial charge on any atom is -0.504 e. The fourth-order valence-electron chi connectivity index (χ4n) is 5.18. The van der Waals surface area contributed by atoms with Gasteiger partial charge in [-0.25, -0.2) is 4.79 Å². The molecule has 1 aliphatic heterocycles. The maximum atomic E-state index is 12.7. The van der Waals surface area contributed by atoms with Crippen LogP contribution in [-0.4, -0.2) is 72.9 Å². The largest absolute Gasteiger partial charge is 0.504 e. The van der Waals surface area contributed by atoms with Crippen molar-refractivity contribution < 1.29 is 61.9 Å². The Morgan fingerprint density at radius 3 is 2.00 bits per heavy atom. The molecule has 3 rings (SSSR count). The number of benzene rings is 1. The van der Waals surface area contributed by atoms with Crippen molar-refractivity contribution in [2.24, 2.45) is 0 Å². The number of hydrogen-bond acceptors (Lipinski definition) is 14. The number of aromatic hydroxyl groups is 1. The number of ether oxygens (including phenoxy) is 7. The van der Waals surface area contributed by atoms with Gasteiger partial charge >= 0.3 is 29.5 Å². The van der Waals surface area contributed by atoms with E-state index in [4.69, 9.17) is 37.6 Å². The van der Waals surface area contributed by atoms with Crippen molar-refractivity contribution in [2.45, 2.75) is 117 Å². The summed E-state index contributed by atoms with van der Waals surface area (Å²) in [5.74, 6) is -3.67. The van der Waals surface area contributed by atoms with Gasteiger partial charge in [0.15, 0.2) is 18.0 Å². The highest BCUT2D eigenvalue weighted by Crippen LogP contribution is 2.35. The second-order valence-corrected chi connectivity index (χ2v) is 11.2. The summed E-state index contributed by atoms with van der Waals surface area (Å²) in [6.45, 7) is 6.47. The van der Waals surface area contributed by atoms with Gasteiger partial charge < -0.3 is 42.7 Å². The highest BCUT2D eigenvalue weighted by Gasteiger charge is 2.53. The molecular formula is C33H44O14. The molecule has 0 aliphatic carbocycles. The molecule has 1 fully saturated rings. The quantitative estimate of drug-likeness (QED) is 0.108. The lowest BCUT2D eigenvalue weighted by molar-refractivity contribution is -0.288. The topological polar surface area (TPSA) is 183 Å². The van der Waals surface area contributed by atoms with Crippen molar-refractivity contribution >= 4 is 34.8 Å². The predicted octanol–water partition coefficient (Wildman–Crippen LogP) is 4.48. The van der Waals surface area contributed by atoms with E-state index < -0.39 is 72.6 Å². The zero-order chi connectivity index (χ0) is 34.5. The third kappa shape index (κ3) is 11.2. The molecule has 0 amide bonds. The molecule has 0 saturated carbocycles. The van der Waals surface area contributed by atoms with E-state index in [2.05, 4.69) is 6.92 Å². The second kappa shape index (κ2) is 18.1. The number of carbonyl (C=O) groups excluding carboxylic acids is 4. The Kier molecular flexibility index (Phi) is 14.3. The van der Waals surface area contributed by atoms with E-state index in [1.807, 2.05) is 0 Å². The molecule has 2 aromatic rings. The van der Waals surface area contributed by atoms with Crippen molar-refractivity contribution in [2.75, 3.05) is 13.2 Å². The zero-order valence-corrected chi connectivity index (χ0v) is 27.4. The van der Waals surface area contributed by atoms with Crippen molar-refractivity contribution in [1.29, 1.82) is 0 Å². The molecule has 14 heteroatoms. The summed E-state index contributed by atoms with van der Waals surface area (Å²) >= 11 is 0. The summed E-state index contributed by atoms with van der Waals surface area (Å²) < 4.78 is 44.2. The zero-order valence-electron chi connectivity index (χ0n) is 27.4. The normalized spacial score (nSPS) is 20.7. The Bertz CT molecular complexity index is 1430. The Morgan fingerprint density at radius 2 is 1.38 bits per heavy atom. The van der Waals surface area contributed by atoms with Gasteiger partial charge in [0.1, 0.15) is 24.0 Å². The fraction of sp³-hybridized carbons (Fsp3) is 0.606. The van der Waals surface area contributed by atoms with Crippen LogP contribution in [-0.2, 0) is 42.9 Å². The standard InChI is InChI=1S/C33H44O14/c1-6-7-8-9-10-11-12-13-16-40-29-27(38)24-15-14-23(17-25(24)46-32(29)39)45-33-31(44-22(5)37)30(43-21(4)36)28(42-20(3)35)26(47-33)18-41-19(2)34/h14-15,17,26,28,30-31,33,38H,6-13,16,18H2,1-5H3/t26-,28+,30+,31-,33-/m1/s1. The maximum Gasteiger partial charge on any atom is 0.383 e. The molecular weight excluding hydrogens is 620 g/mol. The molecule has 1 aromatic heterocycles. The van der Waals surface area contributed by atoms with Gasteiger partial charge in [-0.1, -0.05) is 51.9 Å². The van der Waals surface area contributed by atoms with Crippen LogP contribution in [0.1, 0.15) is 86.0 Å². The molecule has 0 bridgehead atoms. The number of hydrogen-bond donors (Lipinski definition) is 1. The van der Waals surface area contributed by atoms with Crippen LogP contribution in [0.5, 0.6) is 17.2 Å². The van der Waals surface area contributed by atoms with Crippen LogP contribution in [0.4, 0.5) is 0 Å². The predicted molar refractivity (Wildman–Crippen MR) is 165 cm³/mol. The molecule has 1 saturated heterocycles. The minimum atomic E-state index is -1.50. The van der Waals surface area contributed by atoms with Crippen LogP contribution in [0.3, 0.4) is 0 Å². The summed E-state index contributed by atoms with van der Waals surface area (Å²) in [5.41, 5.74) is -0.936. The van der Waals surface area contributed by atoms with Gasteiger partial charge in [0.2, 0.25) is 18.1 Å². The fourth-order valence-corrected chi connectivity index (χ4v) is 5.18. The average molecular weight is 665 g/mol. The molecule has 0 radical (unpaired) electrons. The van der Waals surface area contributed by atoms with Crippen molar-refractivity contribution in [3.63, 3.8) is 0 Å². The van der Waals surface area contributed by atoms with Crippen molar-refractivity contribution in [1.82, 2.24) is 0 Å². The summed E-state index contributed by atoms with van der Waals surface area (Å²) in [6, 6.07) is 4.16. The molecule has 2 heterocycles. The molecule has 47 heavy (non-hydrogen) atoms. The highest BCUT2D eigenvalue weighted by molar-refractivity contribution is 5.86. The van der Waals surface area contributed by atoms with Gasteiger partial charge in [0.05, 0.1) is 12.0 Å². The molecule has 5 atom stereocenters. The lowest BCUT2D eigenvalue weighted by Crippen LogP contribution is -2.63. The van der Waals surface area contributed by atoms with Gasteiger partial charge in [0.25, 0.3) is 0 Å². The highest BCUT2D eigenvalue weighted by atomic mass is 16.7. The van der Waals surface area contributed by atoms with Crippen molar-refractivity contribution in [3.05, 3.63) is 28.6 Å². The first kappa shape index (κ1) is 37.1. The number of unbranched alkanes of at least 4 members (excludes halogenated alkanes) is 7. The molecule has 1 aliphatic rings. The third-order valence-corrected chi connectivity index (χ3v) is 7.26. The minimum absolute atomic E-state index is 0.0357. The van der Waals surface area contributed by atoms with E-state index in [9.17, 15) is 29.1 Å². The molecule has 0 unspecified atom stereocenters. The van der Waals surface area contributed by atoms with Gasteiger partial charge in [0, 0.05) is 33.8 Å². The lowest BCUT2D eigenvalue weighted by Gasteiger charge is -2.43. The Morgan fingerprint density at radius 1 is 0.787 bits per heavy atom. The number of carbonyl (C=O) groups is 4. The van der Waals surface area contributed by atoms with Crippen LogP contribution >= 0.6 is 0 Å². The van der Waals surface area contributed by atoms with Gasteiger partial charge in [-0.3, -0.25) is 19.2 Å². The molecule has 260 valence electrons. The van der Waals surface area contributed by atoms with Crippen LogP contribution in [0.15, 0.2) is 27.4 Å². The van der Waals surface area contributed by atoms with E-state index in [-0.39, 0.29) is 29.1 Å². The third-order valence-electron chi connectivity index (χ3n) is 7.26. The Labute approximate surface area is 272 Å². The second-order valence-electron chi connectivity index (χ2n) is 11.2. The molecule has 14 nitrogen and oxygen atoms in total. The molecule has 1 aromatic carbocycles. The summed E-state index contributed by atoms with van der Waals surface area (Å²) in [7, 11) is 0. The average Bonchev–Trinajstić information content (AvgIpc) is 2.99. The van der Waals surface area contributed by atoms with E-state index >= 15 is 0 Å². The first-order valence-electron chi connectivity index (χ1n) is 15.8. The van der Waals surface area contributed by atoms with Crippen LogP contribution in [0.2, 0.25) is 0 Å². The van der Waals surface area contributed by atoms with E-state index in [0.717, 1.165) is 47.0 Å². The monoisotopic (exact) mass is 664 g/mol. The van der Waals surface area contributed by atoms with Gasteiger partial charge in [-0.15, -0.1) is 0 Å². The van der Waals surface area contributed by atoms with Gasteiger partial charge in [-0.05, 0) is 18.6 Å². The SMILES string of the molecule is CCCCCCCCCCOc1c(O)c2ccc(O[C@@H]3O[C@H](COC(C)=O)[C@H](OC(C)=O)[C@H](OC(C)=O)[C@H]3OC(C)=O)cc2oc1=O. The van der Waals surface area contributed by atoms with E-state index in [1.165, 1.54) is 43.9 Å². The summed E-state index contributed by atoms with van der Waals surface area (Å²) in [5, 5.41) is 11.0. The lowest BCUT2D eigenvalue weighted by atomic mass is 9.98. The molecule has 0 spiro atoms. The maximum absolute atomic E-state index is 12.7. The number of rotatable bonds is 17. The van der Waals surface area contributed by atoms with Gasteiger partial charge in [-0.2, -0.15) is 0 Å². The smallest absolute Gasteiger partial charge is 0.383 e. The van der Waals surface area contributed by atoms with E-state index in [0.29, 0.717) is 6.42 Å². The Hall–Kier alpha value is -4.33. The van der Waals surface area contributed by atoms with E-state index in [1.54, 1.807) is 0 Å². The summed E-state index contributed by atoms with van der Waals surface area (Å²) in [6.07, 6.45) is 1.77.